The summed E-state index contributed by atoms with van der Waals surface area (Å²) in [6.07, 6.45) is 3.72. The van der Waals surface area contributed by atoms with Gasteiger partial charge in [-0.3, -0.25) is 0 Å². The molecule has 1 atom stereocenters. The summed E-state index contributed by atoms with van der Waals surface area (Å²) in [5.41, 5.74) is 6.55. The third kappa shape index (κ3) is 4.14. The van der Waals surface area contributed by atoms with Crippen LogP contribution in [-0.4, -0.2) is 22.6 Å². The zero-order valence-corrected chi connectivity index (χ0v) is 10.4. The average molecular weight is 222 g/mol. The minimum absolute atomic E-state index is 0.401. The number of nitrogens with one attached hydrogen (secondary N) is 1. The van der Waals surface area contributed by atoms with E-state index in [-0.39, 0.29) is 0 Å². The van der Waals surface area contributed by atoms with Gasteiger partial charge < -0.3 is 11.1 Å². The molecular formula is C12H22N4. The predicted molar refractivity (Wildman–Crippen MR) is 67.5 cm³/mol. The molecule has 4 heteroatoms. The van der Waals surface area contributed by atoms with Gasteiger partial charge in [0.2, 0.25) is 0 Å². The quantitative estimate of drug-likeness (QED) is 0.774. The second-order valence-corrected chi connectivity index (χ2v) is 4.46. The summed E-state index contributed by atoms with van der Waals surface area (Å²) in [5.74, 6) is 1.34. The molecule has 0 aliphatic rings. The second kappa shape index (κ2) is 6.43. The smallest absolute Gasteiger partial charge is 0.129 e. The Morgan fingerprint density at radius 3 is 2.69 bits per heavy atom. The molecule has 0 aromatic carbocycles. The normalized spacial score (nSPS) is 12.8. The Morgan fingerprint density at radius 1 is 1.31 bits per heavy atom. The third-order valence-corrected chi connectivity index (χ3v) is 2.52. The highest BCUT2D eigenvalue weighted by atomic mass is 15.0. The van der Waals surface area contributed by atoms with Crippen molar-refractivity contribution in [1.82, 2.24) is 9.97 Å². The molecule has 0 aliphatic carbocycles. The number of rotatable bonds is 6. The van der Waals surface area contributed by atoms with Crippen LogP contribution in [0.15, 0.2) is 12.4 Å². The largest absolute Gasteiger partial charge is 0.368 e. The van der Waals surface area contributed by atoms with Crippen LogP contribution in [0.5, 0.6) is 0 Å². The summed E-state index contributed by atoms with van der Waals surface area (Å²) in [5, 5.41) is 3.37. The number of nitrogens with zero attached hydrogens (tertiary/aromatic N) is 2. The monoisotopic (exact) mass is 222 g/mol. The minimum atomic E-state index is 0.401. The van der Waals surface area contributed by atoms with Gasteiger partial charge in [-0.15, -0.1) is 0 Å². The number of anilines is 1. The molecule has 1 unspecified atom stereocenters. The van der Waals surface area contributed by atoms with E-state index in [0.29, 0.717) is 12.0 Å². The van der Waals surface area contributed by atoms with Gasteiger partial charge in [0.15, 0.2) is 0 Å². The van der Waals surface area contributed by atoms with Gasteiger partial charge in [0.25, 0.3) is 0 Å². The fraction of sp³-hybridized carbons (Fsp3) is 0.667. The van der Waals surface area contributed by atoms with E-state index in [2.05, 4.69) is 36.1 Å². The summed E-state index contributed by atoms with van der Waals surface area (Å²) >= 11 is 0. The Morgan fingerprint density at radius 2 is 2.06 bits per heavy atom. The highest BCUT2D eigenvalue weighted by Gasteiger charge is 2.05. The van der Waals surface area contributed by atoms with Crippen molar-refractivity contribution in [2.75, 3.05) is 11.9 Å². The lowest BCUT2D eigenvalue weighted by Gasteiger charge is -2.14. The zero-order chi connectivity index (χ0) is 12.0. The highest BCUT2D eigenvalue weighted by Crippen LogP contribution is 2.14. The maximum atomic E-state index is 5.48. The molecule has 0 amide bonds. The van der Waals surface area contributed by atoms with Crippen LogP contribution in [0.25, 0.3) is 0 Å². The predicted octanol–water partition coefficient (Wildman–Crippen LogP) is 2.14. The number of hydrogen-bond acceptors (Lipinski definition) is 4. The van der Waals surface area contributed by atoms with Crippen LogP contribution in [0.3, 0.4) is 0 Å². The molecule has 1 heterocycles. The van der Waals surface area contributed by atoms with Crippen molar-refractivity contribution in [2.24, 2.45) is 5.73 Å². The maximum absolute atomic E-state index is 5.48. The van der Waals surface area contributed by atoms with E-state index in [0.717, 1.165) is 30.9 Å². The number of aromatic nitrogens is 2. The Balaban J connectivity index is 2.56. The molecule has 90 valence electrons. The first-order chi connectivity index (χ1) is 7.63. The summed E-state index contributed by atoms with van der Waals surface area (Å²) in [6.45, 7) is 7.15. The molecule has 0 aliphatic heterocycles. The zero-order valence-electron chi connectivity index (χ0n) is 10.4. The van der Waals surface area contributed by atoms with Crippen LogP contribution in [0, 0.1) is 0 Å². The molecule has 0 bridgehead atoms. The molecule has 0 saturated carbocycles. The van der Waals surface area contributed by atoms with E-state index in [1.807, 2.05) is 6.07 Å². The lowest BCUT2D eigenvalue weighted by molar-refractivity contribution is 0.660. The fourth-order valence-corrected chi connectivity index (χ4v) is 1.52. The van der Waals surface area contributed by atoms with Gasteiger partial charge in [0, 0.05) is 17.8 Å². The van der Waals surface area contributed by atoms with Crippen molar-refractivity contribution in [3.05, 3.63) is 18.1 Å². The lowest BCUT2D eigenvalue weighted by atomic mass is 10.1. The molecular weight excluding hydrogens is 200 g/mol. The molecule has 0 spiro atoms. The second-order valence-electron chi connectivity index (χ2n) is 4.46. The first-order valence-electron chi connectivity index (χ1n) is 5.92. The standard InChI is InChI=1S/C12H22N4/c1-9(2)11-7-12(15-8-14-11)16-10(3)5-4-6-13/h7-10H,4-6,13H2,1-3H3,(H,14,15,16). The molecule has 1 aromatic heterocycles. The van der Waals surface area contributed by atoms with Crippen molar-refractivity contribution in [2.45, 2.75) is 45.6 Å². The van der Waals surface area contributed by atoms with E-state index in [4.69, 9.17) is 5.73 Å². The van der Waals surface area contributed by atoms with Gasteiger partial charge in [-0.1, -0.05) is 13.8 Å². The molecule has 0 saturated heterocycles. The first-order valence-corrected chi connectivity index (χ1v) is 5.92. The van der Waals surface area contributed by atoms with Gasteiger partial charge in [-0.25, -0.2) is 9.97 Å². The average Bonchev–Trinajstić information content (AvgIpc) is 2.26. The Kier molecular flexibility index (Phi) is 5.19. The molecule has 4 nitrogen and oxygen atoms in total. The molecule has 0 radical (unpaired) electrons. The van der Waals surface area contributed by atoms with Crippen LogP contribution in [-0.2, 0) is 0 Å². The fourth-order valence-electron chi connectivity index (χ4n) is 1.52. The van der Waals surface area contributed by atoms with E-state index in [1.54, 1.807) is 6.33 Å². The number of nitrogens with two attached hydrogens (primary N) is 1. The van der Waals surface area contributed by atoms with Crippen LogP contribution in [0.4, 0.5) is 5.82 Å². The van der Waals surface area contributed by atoms with Crippen LogP contribution in [0.1, 0.15) is 45.2 Å². The summed E-state index contributed by atoms with van der Waals surface area (Å²) < 4.78 is 0. The molecule has 16 heavy (non-hydrogen) atoms. The van der Waals surface area contributed by atoms with Gasteiger partial charge in [0.1, 0.15) is 12.1 Å². The summed E-state index contributed by atoms with van der Waals surface area (Å²) in [6, 6.07) is 2.42. The summed E-state index contributed by atoms with van der Waals surface area (Å²) in [7, 11) is 0. The lowest BCUT2D eigenvalue weighted by Crippen LogP contribution is -2.17. The summed E-state index contributed by atoms with van der Waals surface area (Å²) in [4.78, 5) is 8.45. The Labute approximate surface area is 97.7 Å². The van der Waals surface area contributed by atoms with Crippen molar-refractivity contribution < 1.29 is 0 Å². The van der Waals surface area contributed by atoms with Crippen molar-refractivity contribution in [1.29, 1.82) is 0 Å². The van der Waals surface area contributed by atoms with Gasteiger partial charge in [-0.2, -0.15) is 0 Å². The van der Waals surface area contributed by atoms with Gasteiger partial charge in [0.05, 0.1) is 0 Å². The van der Waals surface area contributed by atoms with E-state index in [1.165, 1.54) is 0 Å². The molecule has 1 aromatic rings. The molecule has 1 rings (SSSR count). The first kappa shape index (κ1) is 12.9. The van der Waals surface area contributed by atoms with Gasteiger partial charge in [-0.05, 0) is 32.2 Å². The van der Waals surface area contributed by atoms with Crippen LogP contribution in [0.2, 0.25) is 0 Å². The topological polar surface area (TPSA) is 63.8 Å². The van der Waals surface area contributed by atoms with Crippen molar-refractivity contribution in [3.8, 4) is 0 Å². The number of hydrogen-bond donors (Lipinski definition) is 2. The van der Waals surface area contributed by atoms with E-state index < -0.39 is 0 Å². The molecule has 0 fully saturated rings. The van der Waals surface area contributed by atoms with E-state index >= 15 is 0 Å². The van der Waals surface area contributed by atoms with Gasteiger partial charge >= 0.3 is 0 Å². The SMILES string of the molecule is CC(CCCN)Nc1cc(C(C)C)ncn1. The van der Waals surface area contributed by atoms with Crippen molar-refractivity contribution in [3.63, 3.8) is 0 Å². The van der Waals surface area contributed by atoms with Crippen LogP contribution >= 0.6 is 0 Å². The van der Waals surface area contributed by atoms with Crippen LogP contribution < -0.4 is 11.1 Å². The third-order valence-electron chi connectivity index (χ3n) is 2.52. The Hall–Kier alpha value is -1.16. The Bertz CT molecular complexity index is 312. The van der Waals surface area contributed by atoms with E-state index in [9.17, 15) is 0 Å². The minimum Gasteiger partial charge on any atom is -0.368 e. The molecule has 3 N–H and O–H groups in total. The highest BCUT2D eigenvalue weighted by molar-refractivity contribution is 5.36. The maximum Gasteiger partial charge on any atom is 0.129 e. The van der Waals surface area contributed by atoms with Crippen molar-refractivity contribution >= 4 is 5.82 Å².